The third-order valence-corrected chi connectivity index (χ3v) is 3.76. The molecule has 0 spiro atoms. The van der Waals surface area contributed by atoms with Crippen LogP contribution in [0.15, 0.2) is 18.2 Å². The zero-order chi connectivity index (χ0) is 15.1. The Balaban J connectivity index is 2.03. The summed E-state index contributed by atoms with van der Waals surface area (Å²) in [7, 11) is 0. The number of halogens is 1. The van der Waals surface area contributed by atoms with Crippen molar-refractivity contribution in [3.63, 3.8) is 0 Å². The predicted molar refractivity (Wildman–Crippen MR) is 80.2 cm³/mol. The molecule has 1 amide bonds. The lowest BCUT2D eigenvalue weighted by molar-refractivity contribution is -0.120. The van der Waals surface area contributed by atoms with E-state index in [2.05, 4.69) is 17.2 Å². The summed E-state index contributed by atoms with van der Waals surface area (Å²) in [5.41, 5.74) is 0.674. The second-order valence-electron chi connectivity index (χ2n) is 5.33. The summed E-state index contributed by atoms with van der Waals surface area (Å²) in [5.74, 6) is 4.49. The smallest absolute Gasteiger partial charge is 0.227 e. The van der Waals surface area contributed by atoms with E-state index in [0.717, 1.165) is 25.7 Å². The van der Waals surface area contributed by atoms with E-state index in [0.29, 0.717) is 5.56 Å². The van der Waals surface area contributed by atoms with Gasteiger partial charge < -0.3 is 10.4 Å². The molecular formula is C17H20FNO2. The highest BCUT2D eigenvalue weighted by atomic mass is 19.1. The first-order valence-corrected chi connectivity index (χ1v) is 7.41. The molecule has 1 fully saturated rings. The van der Waals surface area contributed by atoms with Gasteiger partial charge in [0.1, 0.15) is 12.4 Å². The van der Waals surface area contributed by atoms with Crippen LogP contribution in [0.25, 0.3) is 0 Å². The van der Waals surface area contributed by atoms with Crippen LogP contribution in [0.1, 0.15) is 44.1 Å². The molecule has 1 aliphatic carbocycles. The molecule has 1 aromatic rings. The van der Waals surface area contributed by atoms with Crippen molar-refractivity contribution in [1.29, 1.82) is 0 Å². The summed E-state index contributed by atoms with van der Waals surface area (Å²) in [6.07, 6.45) is 6.25. The standard InChI is InChI=1S/C17H20FNO2/c18-15-12-13(6-5-11-20)9-10-16(15)19-17(21)14-7-3-1-2-4-8-14/h9-10,12,14,20H,1-4,7-8,11H2,(H,19,21). The van der Waals surface area contributed by atoms with E-state index in [4.69, 9.17) is 5.11 Å². The van der Waals surface area contributed by atoms with Gasteiger partial charge in [-0.25, -0.2) is 4.39 Å². The molecule has 0 unspecified atom stereocenters. The molecule has 112 valence electrons. The molecule has 2 N–H and O–H groups in total. The van der Waals surface area contributed by atoms with E-state index in [1.807, 2.05) is 0 Å². The van der Waals surface area contributed by atoms with Crippen molar-refractivity contribution in [3.8, 4) is 11.8 Å². The largest absolute Gasteiger partial charge is 0.384 e. The van der Waals surface area contributed by atoms with Crippen molar-refractivity contribution < 1.29 is 14.3 Å². The Morgan fingerprint density at radius 2 is 2.00 bits per heavy atom. The molecule has 0 saturated heterocycles. The van der Waals surface area contributed by atoms with Crippen LogP contribution in [-0.4, -0.2) is 17.6 Å². The molecule has 0 radical (unpaired) electrons. The third-order valence-electron chi connectivity index (χ3n) is 3.76. The van der Waals surface area contributed by atoms with Gasteiger partial charge in [0.25, 0.3) is 0 Å². The van der Waals surface area contributed by atoms with E-state index in [-0.39, 0.29) is 24.1 Å². The summed E-state index contributed by atoms with van der Waals surface area (Å²) in [6.45, 7) is -0.262. The summed E-state index contributed by atoms with van der Waals surface area (Å²) in [5, 5.41) is 11.3. The lowest BCUT2D eigenvalue weighted by Crippen LogP contribution is -2.22. The molecule has 0 atom stereocenters. The van der Waals surface area contributed by atoms with E-state index >= 15 is 0 Å². The maximum Gasteiger partial charge on any atom is 0.227 e. The highest BCUT2D eigenvalue weighted by molar-refractivity contribution is 5.92. The summed E-state index contributed by atoms with van der Waals surface area (Å²) in [4.78, 5) is 12.2. The fourth-order valence-electron chi connectivity index (χ4n) is 2.61. The van der Waals surface area contributed by atoms with Crippen LogP contribution in [0.5, 0.6) is 0 Å². The average molecular weight is 289 g/mol. The van der Waals surface area contributed by atoms with Gasteiger partial charge in [0.05, 0.1) is 5.69 Å². The number of amides is 1. The predicted octanol–water partition coefficient (Wildman–Crippen LogP) is 3.08. The number of benzene rings is 1. The summed E-state index contributed by atoms with van der Waals surface area (Å²) in [6, 6.07) is 4.42. The molecule has 0 heterocycles. The Labute approximate surface area is 124 Å². The SMILES string of the molecule is O=C(Nc1ccc(C#CCO)cc1F)C1CCCCCC1. The first-order chi connectivity index (χ1) is 10.2. The second-order valence-corrected chi connectivity index (χ2v) is 5.33. The van der Waals surface area contributed by atoms with E-state index < -0.39 is 5.82 Å². The van der Waals surface area contributed by atoms with Gasteiger partial charge in [-0.1, -0.05) is 37.5 Å². The Kier molecular flexibility index (Phi) is 5.77. The van der Waals surface area contributed by atoms with Gasteiger partial charge in [0.15, 0.2) is 0 Å². The fourth-order valence-corrected chi connectivity index (χ4v) is 2.61. The molecule has 3 nitrogen and oxygen atoms in total. The highest BCUT2D eigenvalue weighted by Gasteiger charge is 2.20. The lowest BCUT2D eigenvalue weighted by Gasteiger charge is -2.14. The van der Waals surface area contributed by atoms with Gasteiger partial charge in [-0.3, -0.25) is 4.79 Å². The average Bonchev–Trinajstić information content (AvgIpc) is 2.76. The summed E-state index contributed by atoms with van der Waals surface area (Å²) < 4.78 is 13.9. The number of nitrogens with one attached hydrogen (secondary N) is 1. The van der Waals surface area contributed by atoms with Crippen molar-refractivity contribution in [2.45, 2.75) is 38.5 Å². The summed E-state index contributed by atoms with van der Waals surface area (Å²) >= 11 is 0. The molecular weight excluding hydrogens is 269 g/mol. The van der Waals surface area contributed by atoms with Gasteiger partial charge >= 0.3 is 0 Å². The number of carbonyl (C=O) groups excluding carboxylic acids is 1. The minimum absolute atomic E-state index is 0.0132. The Morgan fingerprint density at radius 1 is 1.29 bits per heavy atom. The molecule has 4 heteroatoms. The van der Waals surface area contributed by atoms with Crippen LogP contribution in [-0.2, 0) is 4.79 Å². The van der Waals surface area contributed by atoms with Crippen LogP contribution in [0.3, 0.4) is 0 Å². The highest BCUT2D eigenvalue weighted by Crippen LogP contribution is 2.25. The van der Waals surface area contributed by atoms with Crippen LogP contribution in [0.4, 0.5) is 10.1 Å². The molecule has 0 bridgehead atoms. The van der Waals surface area contributed by atoms with E-state index in [1.165, 1.54) is 25.0 Å². The van der Waals surface area contributed by atoms with Crippen LogP contribution < -0.4 is 5.32 Å². The molecule has 1 aromatic carbocycles. The number of hydrogen-bond acceptors (Lipinski definition) is 2. The molecule has 1 saturated carbocycles. The first-order valence-electron chi connectivity index (χ1n) is 7.41. The Morgan fingerprint density at radius 3 is 2.62 bits per heavy atom. The first kappa shape index (κ1) is 15.5. The number of carbonyl (C=O) groups is 1. The number of rotatable bonds is 2. The molecule has 2 rings (SSSR count). The second kappa shape index (κ2) is 7.80. The number of aliphatic hydroxyl groups is 1. The molecule has 1 aliphatic rings. The van der Waals surface area contributed by atoms with Gasteiger partial charge in [-0.05, 0) is 31.0 Å². The maximum atomic E-state index is 13.9. The Bertz CT molecular complexity index is 552. The molecule has 21 heavy (non-hydrogen) atoms. The fraction of sp³-hybridized carbons (Fsp3) is 0.471. The van der Waals surface area contributed by atoms with Crippen LogP contribution in [0.2, 0.25) is 0 Å². The molecule has 0 aromatic heterocycles. The van der Waals surface area contributed by atoms with Gasteiger partial charge in [0.2, 0.25) is 5.91 Å². The van der Waals surface area contributed by atoms with Crippen LogP contribution >= 0.6 is 0 Å². The normalized spacial score (nSPS) is 15.7. The third kappa shape index (κ3) is 4.57. The molecule has 0 aliphatic heterocycles. The van der Waals surface area contributed by atoms with Crippen molar-refractivity contribution in [1.82, 2.24) is 0 Å². The zero-order valence-corrected chi connectivity index (χ0v) is 12.0. The zero-order valence-electron chi connectivity index (χ0n) is 12.0. The van der Waals surface area contributed by atoms with Crippen molar-refractivity contribution in [3.05, 3.63) is 29.6 Å². The van der Waals surface area contributed by atoms with Gasteiger partial charge in [0, 0.05) is 11.5 Å². The minimum atomic E-state index is -0.498. The lowest BCUT2D eigenvalue weighted by atomic mass is 9.99. The van der Waals surface area contributed by atoms with Gasteiger partial charge in [-0.15, -0.1) is 0 Å². The maximum absolute atomic E-state index is 13.9. The van der Waals surface area contributed by atoms with Crippen molar-refractivity contribution in [2.24, 2.45) is 5.92 Å². The number of anilines is 1. The van der Waals surface area contributed by atoms with E-state index in [9.17, 15) is 9.18 Å². The van der Waals surface area contributed by atoms with Crippen molar-refractivity contribution >= 4 is 11.6 Å². The van der Waals surface area contributed by atoms with Crippen molar-refractivity contribution in [2.75, 3.05) is 11.9 Å². The monoisotopic (exact) mass is 289 g/mol. The van der Waals surface area contributed by atoms with Gasteiger partial charge in [-0.2, -0.15) is 0 Å². The van der Waals surface area contributed by atoms with Crippen LogP contribution in [0, 0.1) is 23.6 Å². The number of hydrogen-bond donors (Lipinski definition) is 2. The topological polar surface area (TPSA) is 49.3 Å². The van der Waals surface area contributed by atoms with E-state index in [1.54, 1.807) is 6.07 Å². The minimum Gasteiger partial charge on any atom is -0.384 e. The number of aliphatic hydroxyl groups excluding tert-OH is 1. The Hall–Kier alpha value is -1.86. The quantitative estimate of drug-likeness (QED) is 0.649.